The fourth-order valence-electron chi connectivity index (χ4n) is 2.65. The lowest BCUT2D eigenvalue weighted by Gasteiger charge is -2.21. The molecule has 0 bridgehead atoms. The number of likely N-dealkylation sites (N-methyl/N-ethyl adjacent to an activating group) is 1. The Balaban J connectivity index is 1.96. The molecule has 0 aromatic carbocycles. The maximum atomic E-state index is 5.66. The number of hydrogen-bond acceptors (Lipinski definition) is 3. The van der Waals surface area contributed by atoms with Gasteiger partial charge in [0.15, 0.2) is 0 Å². The fraction of sp³-hybridized carbons (Fsp3) is 0.667. The SMILES string of the molecule is CCc1ccc(CC(NC)C2COC(C)C2)nc1. The molecule has 0 aliphatic carbocycles. The van der Waals surface area contributed by atoms with E-state index in [1.54, 1.807) is 0 Å². The van der Waals surface area contributed by atoms with Crippen LogP contribution in [0.5, 0.6) is 0 Å². The van der Waals surface area contributed by atoms with Crippen LogP contribution in [0, 0.1) is 5.92 Å². The highest BCUT2D eigenvalue weighted by Gasteiger charge is 2.28. The van der Waals surface area contributed by atoms with Crippen molar-refractivity contribution in [2.75, 3.05) is 13.7 Å². The van der Waals surface area contributed by atoms with Gasteiger partial charge in [0, 0.05) is 30.3 Å². The van der Waals surface area contributed by atoms with Gasteiger partial charge in [0.2, 0.25) is 0 Å². The number of rotatable bonds is 5. The summed E-state index contributed by atoms with van der Waals surface area (Å²) in [5, 5.41) is 3.42. The Morgan fingerprint density at radius 2 is 2.33 bits per heavy atom. The smallest absolute Gasteiger partial charge is 0.0551 e. The van der Waals surface area contributed by atoms with Crippen LogP contribution < -0.4 is 5.32 Å². The van der Waals surface area contributed by atoms with E-state index in [0.29, 0.717) is 18.1 Å². The second-order valence-electron chi connectivity index (χ2n) is 5.25. The first-order valence-electron chi connectivity index (χ1n) is 6.95. The lowest BCUT2D eigenvalue weighted by molar-refractivity contribution is 0.117. The van der Waals surface area contributed by atoms with Gasteiger partial charge in [-0.3, -0.25) is 4.98 Å². The first kappa shape index (κ1) is 13.5. The maximum absolute atomic E-state index is 5.66. The van der Waals surface area contributed by atoms with E-state index in [4.69, 9.17) is 4.74 Å². The number of nitrogens with one attached hydrogen (secondary N) is 1. The Morgan fingerprint density at radius 1 is 1.50 bits per heavy atom. The summed E-state index contributed by atoms with van der Waals surface area (Å²) in [6.45, 7) is 5.19. The summed E-state index contributed by atoms with van der Waals surface area (Å²) in [4.78, 5) is 4.55. The van der Waals surface area contributed by atoms with Gasteiger partial charge in [-0.1, -0.05) is 13.0 Å². The molecule has 18 heavy (non-hydrogen) atoms. The van der Waals surface area contributed by atoms with Gasteiger partial charge < -0.3 is 10.1 Å². The van der Waals surface area contributed by atoms with E-state index in [0.717, 1.165) is 25.9 Å². The molecule has 100 valence electrons. The average Bonchev–Trinajstić information content (AvgIpc) is 2.83. The minimum Gasteiger partial charge on any atom is -0.378 e. The predicted octanol–water partition coefficient (Wildman–Crippen LogP) is 2.20. The monoisotopic (exact) mass is 248 g/mol. The molecule has 1 aromatic rings. The van der Waals surface area contributed by atoms with Crippen LogP contribution in [0.4, 0.5) is 0 Å². The lowest BCUT2D eigenvalue weighted by atomic mass is 9.93. The standard InChI is InChI=1S/C15H24N2O/c1-4-12-5-6-14(17-9-12)8-15(16-3)13-7-11(2)18-10-13/h5-6,9,11,13,15-16H,4,7-8,10H2,1-3H3. The minimum absolute atomic E-state index is 0.404. The van der Waals surface area contributed by atoms with Crippen molar-refractivity contribution >= 4 is 0 Å². The molecule has 0 saturated carbocycles. The zero-order valence-corrected chi connectivity index (χ0v) is 11.6. The highest BCUT2D eigenvalue weighted by molar-refractivity contribution is 5.15. The number of ether oxygens (including phenoxy) is 1. The van der Waals surface area contributed by atoms with Gasteiger partial charge in [0.25, 0.3) is 0 Å². The van der Waals surface area contributed by atoms with Gasteiger partial charge in [0.1, 0.15) is 0 Å². The number of pyridine rings is 1. The number of hydrogen-bond donors (Lipinski definition) is 1. The Hall–Kier alpha value is -0.930. The minimum atomic E-state index is 0.404. The van der Waals surface area contributed by atoms with Gasteiger partial charge >= 0.3 is 0 Å². The molecule has 1 aliphatic rings. The second kappa shape index (κ2) is 6.30. The molecule has 3 unspecified atom stereocenters. The fourth-order valence-corrected chi connectivity index (χ4v) is 2.65. The van der Waals surface area contributed by atoms with Crippen LogP contribution in [-0.2, 0) is 17.6 Å². The summed E-state index contributed by atoms with van der Waals surface area (Å²) in [5.74, 6) is 0.609. The van der Waals surface area contributed by atoms with Crippen LogP contribution in [-0.4, -0.2) is 30.8 Å². The van der Waals surface area contributed by atoms with E-state index in [2.05, 4.69) is 36.3 Å². The van der Waals surface area contributed by atoms with Gasteiger partial charge in [0.05, 0.1) is 12.7 Å². The van der Waals surface area contributed by atoms with Crippen molar-refractivity contribution in [1.29, 1.82) is 0 Å². The van der Waals surface area contributed by atoms with Crippen molar-refractivity contribution < 1.29 is 4.74 Å². The van der Waals surface area contributed by atoms with E-state index in [-0.39, 0.29) is 0 Å². The highest BCUT2D eigenvalue weighted by Crippen LogP contribution is 2.23. The van der Waals surface area contributed by atoms with E-state index >= 15 is 0 Å². The van der Waals surface area contributed by atoms with Gasteiger partial charge in [-0.25, -0.2) is 0 Å². The van der Waals surface area contributed by atoms with E-state index in [9.17, 15) is 0 Å². The third kappa shape index (κ3) is 3.30. The summed E-state index contributed by atoms with van der Waals surface area (Å²) in [6, 6.07) is 4.81. The van der Waals surface area contributed by atoms with Gasteiger partial charge in [-0.2, -0.15) is 0 Å². The molecular weight excluding hydrogens is 224 g/mol. The van der Waals surface area contributed by atoms with Crippen molar-refractivity contribution in [1.82, 2.24) is 10.3 Å². The van der Waals surface area contributed by atoms with Crippen molar-refractivity contribution in [2.45, 2.75) is 45.3 Å². The zero-order valence-electron chi connectivity index (χ0n) is 11.6. The molecule has 2 rings (SSSR count). The first-order valence-corrected chi connectivity index (χ1v) is 6.95. The Labute approximate surface area is 110 Å². The largest absolute Gasteiger partial charge is 0.378 e. The third-order valence-electron chi connectivity index (χ3n) is 3.89. The van der Waals surface area contributed by atoms with E-state index in [1.165, 1.54) is 11.3 Å². The first-order chi connectivity index (χ1) is 8.72. The molecule has 1 aliphatic heterocycles. The Bertz CT molecular complexity index is 363. The normalized spacial score (nSPS) is 25.3. The lowest BCUT2D eigenvalue weighted by Crippen LogP contribution is -2.36. The van der Waals surface area contributed by atoms with Crippen molar-refractivity contribution in [3.8, 4) is 0 Å². The van der Waals surface area contributed by atoms with Crippen LogP contribution in [0.2, 0.25) is 0 Å². The quantitative estimate of drug-likeness (QED) is 0.867. The van der Waals surface area contributed by atoms with Crippen molar-refractivity contribution in [2.24, 2.45) is 5.92 Å². The zero-order chi connectivity index (χ0) is 13.0. The van der Waals surface area contributed by atoms with Crippen molar-refractivity contribution in [3.63, 3.8) is 0 Å². The Kier molecular flexibility index (Phi) is 4.72. The molecule has 0 amide bonds. The topological polar surface area (TPSA) is 34.1 Å². The molecule has 0 spiro atoms. The number of aromatic nitrogens is 1. The molecule has 1 fully saturated rings. The van der Waals surface area contributed by atoms with Crippen LogP contribution in [0.3, 0.4) is 0 Å². The summed E-state index contributed by atoms with van der Waals surface area (Å²) in [6.07, 6.45) is 5.59. The Morgan fingerprint density at radius 3 is 2.83 bits per heavy atom. The molecule has 1 aromatic heterocycles. The van der Waals surface area contributed by atoms with Crippen LogP contribution in [0.25, 0.3) is 0 Å². The summed E-state index contributed by atoms with van der Waals surface area (Å²) >= 11 is 0. The predicted molar refractivity (Wildman–Crippen MR) is 73.7 cm³/mol. The average molecular weight is 248 g/mol. The van der Waals surface area contributed by atoms with Crippen LogP contribution >= 0.6 is 0 Å². The van der Waals surface area contributed by atoms with Gasteiger partial charge in [-0.15, -0.1) is 0 Å². The summed E-state index contributed by atoms with van der Waals surface area (Å²) < 4.78 is 5.66. The number of nitrogens with zero attached hydrogens (tertiary/aromatic N) is 1. The van der Waals surface area contributed by atoms with Crippen molar-refractivity contribution in [3.05, 3.63) is 29.6 Å². The maximum Gasteiger partial charge on any atom is 0.0551 e. The highest BCUT2D eigenvalue weighted by atomic mass is 16.5. The molecule has 3 atom stereocenters. The third-order valence-corrected chi connectivity index (χ3v) is 3.89. The summed E-state index contributed by atoms with van der Waals surface area (Å²) in [7, 11) is 2.04. The van der Waals surface area contributed by atoms with E-state index in [1.807, 2.05) is 13.2 Å². The second-order valence-corrected chi connectivity index (χ2v) is 5.25. The van der Waals surface area contributed by atoms with E-state index < -0.39 is 0 Å². The van der Waals surface area contributed by atoms with Crippen LogP contribution in [0.15, 0.2) is 18.3 Å². The molecule has 3 nitrogen and oxygen atoms in total. The van der Waals surface area contributed by atoms with Gasteiger partial charge in [-0.05, 0) is 38.4 Å². The van der Waals surface area contributed by atoms with Crippen LogP contribution in [0.1, 0.15) is 31.5 Å². The molecule has 1 saturated heterocycles. The molecule has 1 N–H and O–H groups in total. The molecule has 0 radical (unpaired) electrons. The molecular formula is C15H24N2O. The molecule has 2 heterocycles. The molecule has 3 heteroatoms. The summed E-state index contributed by atoms with van der Waals surface area (Å²) in [5.41, 5.74) is 2.48. The number of aryl methyl sites for hydroxylation is 1.